The van der Waals surface area contributed by atoms with Crippen molar-refractivity contribution in [1.29, 1.82) is 0 Å². The van der Waals surface area contributed by atoms with E-state index in [0.717, 1.165) is 12.1 Å². The lowest BCUT2D eigenvalue weighted by atomic mass is 9.65. The molecule has 2 N–H and O–H groups in total. The number of carbonyl (C=O) groups is 3. The third kappa shape index (κ3) is 4.03. The molecular formula is C22H20ClF3N4O3. The smallest absolute Gasteiger partial charge is 0.369 e. The molecule has 3 amide bonds. The number of primary amides is 1. The number of hydrogen-bond donors (Lipinski definition) is 1. The topological polar surface area (TPSA) is 96.6 Å². The molecule has 0 atom stereocenters. The summed E-state index contributed by atoms with van der Waals surface area (Å²) in [4.78, 5) is 45.3. The summed E-state index contributed by atoms with van der Waals surface area (Å²) in [5.74, 6) is -1.70. The standard InChI is InChI=1S/C22H20ClF3N4O3/c1-12-6-16(23)9-28-19(12)29-11-17(31)30(21(20(29)33)7-14(8-21)18(27)32)10-13-2-4-15(5-3-13)22(24,25)26/h2-6,9,14H,7-8,10-11H2,1H3,(H2,27,32). The SMILES string of the molecule is Cc1cc(Cl)cnc1N1CC(=O)N(Cc2ccc(C(F)(F)F)cc2)C2(CC(C(N)=O)C2)C1=O. The molecular weight excluding hydrogens is 461 g/mol. The Labute approximate surface area is 192 Å². The number of alkyl halides is 3. The summed E-state index contributed by atoms with van der Waals surface area (Å²) >= 11 is 5.96. The van der Waals surface area contributed by atoms with Crippen molar-refractivity contribution in [2.75, 3.05) is 11.4 Å². The molecule has 11 heteroatoms. The molecule has 2 aliphatic rings. The zero-order valence-electron chi connectivity index (χ0n) is 17.5. The van der Waals surface area contributed by atoms with Crippen LogP contribution in [0.15, 0.2) is 36.5 Å². The van der Waals surface area contributed by atoms with Crippen molar-refractivity contribution in [3.63, 3.8) is 0 Å². The van der Waals surface area contributed by atoms with Crippen molar-refractivity contribution >= 4 is 35.1 Å². The molecule has 1 spiro atoms. The van der Waals surface area contributed by atoms with Crippen LogP contribution in [-0.4, -0.2) is 39.7 Å². The summed E-state index contributed by atoms with van der Waals surface area (Å²) in [5.41, 5.74) is 4.30. The lowest BCUT2D eigenvalue weighted by molar-refractivity contribution is -0.164. The second-order valence-electron chi connectivity index (χ2n) is 8.40. The first-order valence-corrected chi connectivity index (χ1v) is 10.5. The minimum atomic E-state index is -4.48. The Kier molecular flexibility index (Phi) is 5.60. The Morgan fingerprint density at radius 2 is 1.88 bits per heavy atom. The van der Waals surface area contributed by atoms with Gasteiger partial charge in [0.2, 0.25) is 11.8 Å². The van der Waals surface area contributed by atoms with E-state index < -0.39 is 40.9 Å². The summed E-state index contributed by atoms with van der Waals surface area (Å²) in [6, 6.07) is 6.03. The van der Waals surface area contributed by atoms with Crippen molar-refractivity contribution in [2.24, 2.45) is 11.7 Å². The highest BCUT2D eigenvalue weighted by molar-refractivity contribution is 6.30. The molecule has 2 heterocycles. The summed E-state index contributed by atoms with van der Waals surface area (Å²) in [6.45, 7) is 1.34. The number of aryl methyl sites for hydroxylation is 1. The second kappa shape index (κ2) is 8.02. The van der Waals surface area contributed by atoms with Gasteiger partial charge in [0.05, 0.1) is 10.6 Å². The van der Waals surface area contributed by atoms with Crippen LogP contribution >= 0.6 is 11.6 Å². The molecule has 33 heavy (non-hydrogen) atoms. The highest BCUT2D eigenvalue weighted by Crippen LogP contribution is 2.47. The van der Waals surface area contributed by atoms with Crippen LogP contribution in [0.3, 0.4) is 0 Å². The number of amides is 3. The Morgan fingerprint density at radius 1 is 1.24 bits per heavy atom. The molecule has 2 aromatic rings. The molecule has 2 fully saturated rings. The summed E-state index contributed by atoms with van der Waals surface area (Å²) in [6.07, 6.45) is -3.04. The lowest BCUT2D eigenvalue weighted by Gasteiger charge is -2.56. The number of carbonyl (C=O) groups excluding carboxylic acids is 3. The van der Waals surface area contributed by atoms with Crippen molar-refractivity contribution < 1.29 is 27.6 Å². The van der Waals surface area contributed by atoms with Gasteiger partial charge in [0, 0.05) is 18.7 Å². The number of nitrogens with zero attached hydrogens (tertiary/aromatic N) is 3. The van der Waals surface area contributed by atoms with E-state index in [0.29, 0.717) is 16.1 Å². The minimum absolute atomic E-state index is 0.0384. The Hall–Kier alpha value is -3.14. The van der Waals surface area contributed by atoms with Crippen LogP contribution in [0, 0.1) is 12.8 Å². The van der Waals surface area contributed by atoms with Gasteiger partial charge in [0.15, 0.2) is 0 Å². The van der Waals surface area contributed by atoms with E-state index in [1.807, 2.05) is 0 Å². The van der Waals surface area contributed by atoms with Gasteiger partial charge in [-0.3, -0.25) is 19.3 Å². The van der Waals surface area contributed by atoms with E-state index in [1.165, 1.54) is 28.1 Å². The molecule has 1 aromatic carbocycles. The second-order valence-corrected chi connectivity index (χ2v) is 8.84. The minimum Gasteiger partial charge on any atom is -0.369 e. The fraction of sp³-hybridized carbons (Fsp3) is 0.364. The van der Waals surface area contributed by atoms with E-state index in [-0.39, 0.29) is 31.7 Å². The number of pyridine rings is 1. The summed E-state index contributed by atoms with van der Waals surface area (Å²) in [7, 11) is 0. The zero-order valence-corrected chi connectivity index (χ0v) is 18.3. The van der Waals surface area contributed by atoms with Crippen LogP contribution in [0.1, 0.15) is 29.5 Å². The molecule has 1 saturated carbocycles. The molecule has 174 valence electrons. The third-order valence-electron chi connectivity index (χ3n) is 6.22. The molecule has 7 nitrogen and oxygen atoms in total. The predicted molar refractivity (Wildman–Crippen MR) is 113 cm³/mol. The predicted octanol–water partition coefficient (Wildman–Crippen LogP) is 3.07. The fourth-order valence-corrected chi connectivity index (χ4v) is 4.67. The monoisotopic (exact) mass is 480 g/mol. The Balaban J connectivity index is 1.67. The maximum absolute atomic E-state index is 13.6. The van der Waals surface area contributed by atoms with Gasteiger partial charge < -0.3 is 10.6 Å². The number of piperazine rings is 1. The average Bonchev–Trinajstić information content (AvgIpc) is 2.69. The molecule has 1 aliphatic heterocycles. The van der Waals surface area contributed by atoms with E-state index in [2.05, 4.69) is 4.98 Å². The van der Waals surface area contributed by atoms with Crippen molar-refractivity contribution in [1.82, 2.24) is 9.88 Å². The molecule has 1 aliphatic carbocycles. The summed E-state index contributed by atoms with van der Waals surface area (Å²) < 4.78 is 38.7. The molecule has 0 radical (unpaired) electrons. The third-order valence-corrected chi connectivity index (χ3v) is 6.43. The zero-order chi connectivity index (χ0) is 24.1. The highest BCUT2D eigenvalue weighted by atomic mass is 35.5. The molecule has 1 aromatic heterocycles. The molecule has 4 rings (SSSR count). The number of hydrogen-bond acceptors (Lipinski definition) is 4. The van der Waals surface area contributed by atoms with E-state index in [9.17, 15) is 27.6 Å². The fourth-order valence-electron chi connectivity index (χ4n) is 4.46. The molecule has 1 saturated heterocycles. The first kappa shape index (κ1) is 23.0. The lowest BCUT2D eigenvalue weighted by Crippen LogP contribution is -2.73. The van der Waals surface area contributed by atoms with Crippen LogP contribution in [0.5, 0.6) is 0 Å². The molecule has 0 unspecified atom stereocenters. The van der Waals surface area contributed by atoms with Gasteiger partial charge in [-0.2, -0.15) is 13.2 Å². The maximum atomic E-state index is 13.6. The largest absolute Gasteiger partial charge is 0.416 e. The van der Waals surface area contributed by atoms with E-state index in [1.54, 1.807) is 13.0 Å². The number of rotatable bonds is 4. The number of anilines is 1. The van der Waals surface area contributed by atoms with E-state index >= 15 is 0 Å². The highest BCUT2D eigenvalue weighted by Gasteiger charge is 2.61. The quantitative estimate of drug-likeness (QED) is 0.727. The first-order valence-electron chi connectivity index (χ1n) is 10.1. The van der Waals surface area contributed by atoms with Crippen molar-refractivity contribution in [3.8, 4) is 0 Å². The van der Waals surface area contributed by atoms with Gasteiger partial charge in [-0.25, -0.2) is 4.98 Å². The van der Waals surface area contributed by atoms with Gasteiger partial charge in [-0.05, 0) is 49.1 Å². The Morgan fingerprint density at radius 3 is 2.42 bits per heavy atom. The van der Waals surface area contributed by atoms with Crippen LogP contribution in [0.2, 0.25) is 5.02 Å². The van der Waals surface area contributed by atoms with Crippen molar-refractivity contribution in [3.05, 3.63) is 58.2 Å². The average molecular weight is 481 g/mol. The van der Waals surface area contributed by atoms with Gasteiger partial charge in [-0.1, -0.05) is 23.7 Å². The van der Waals surface area contributed by atoms with Gasteiger partial charge in [0.25, 0.3) is 5.91 Å². The van der Waals surface area contributed by atoms with E-state index in [4.69, 9.17) is 17.3 Å². The van der Waals surface area contributed by atoms with Gasteiger partial charge in [0.1, 0.15) is 17.9 Å². The number of nitrogens with two attached hydrogens (primary N) is 1. The van der Waals surface area contributed by atoms with Crippen LogP contribution in [0.4, 0.5) is 19.0 Å². The number of halogens is 4. The van der Waals surface area contributed by atoms with Gasteiger partial charge >= 0.3 is 6.18 Å². The molecule has 0 bridgehead atoms. The van der Waals surface area contributed by atoms with Crippen molar-refractivity contribution in [2.45, 2.75) is 38.0 Å². The first-order chi connectivity index (χ1) is 15.4. The normalized spacial score (nSPS) is 23.1. The van der Waals surface area contributed by atoms with Crippen LogP contribution in [-0.2, 0) is 27.1 Å². The van der Waals surface area contributed by atoms with Crippen LogP contribution < -0.4 is 10.6 Å². The van der Waals surface area contributed by atoms with Gasteiger partial charge in [-0.15, -0.1) is 0 Å². The van der Waals surface area contributed by atoms with Crippen LogP contribution in [0.25, 0.3) is 0 Å². The summed E-state index contributed by atoms with van der Waals surface area (Å²) in [5, 5.41) is 0.378. The number of benzene rings is 1. The Bertz CT molecular complexity index is 1130. The maximum Gasteiger partial charge on any atom is 0.416 e. The number of aromatic nitrogens is 1.